The van der Waals surface area contributed by atoms with E-state index in [1.807, 2.05) is 78.9 Å². The fourth-order valence-electron chi connectivity index (χ4n) is 7.33. The number of amides is 2. The monoisotopic (exact) mass is 783 g/mol. The van der Waals surface area contributed by atoms with Crippen molar-refractivity contribution in [3.8, 4) is 0 Å². The van der Waals surface area contributed by atoms with E-state index < -0.39 is 60.6 Å². The van der Waals surface area contributed by atoms with E-state index in [1.54, 1.807) is 0 Å². The van der Waals surface area contributed by atoms with Crippen LogP contribution in [0.3, 0.4) is 0 Å². The van der Waals surface area contributed by atoms with E-state index in [-0.39, 0.29) is 23.7 Å². The number of carboxylic acid groups (broad SMARTS) is 4. The Morgan fingerprint density at radius 3 is 1.81 bits per heavy atom. The molecule has 302 valence electrons. The molecule has 2 amide bonds. The Morgan fingerprint density at radius 1 is 0.684 bits per heavy atom. The summed E-state index contributed by atoms with van der Waals surface area (Å²) in [7, 11) is 0. The van der Waals surface area contributed by atoms with Gasteiger partial charge in [0, 0.05) is 60.3 Å². The van der Waals surface area contributed by atoms with Crippen molar-refractivity contribution in [1.29, 1.82) is 0 Å². The van der Waals surface area contributed by atoms with Crippen LogP contribution in [0, 0.1) is 0 Å². The minimum absolute atomic E-state index is 0.0240. The zero-order valence-electron chi connectivity index (χ0n) is 32.6. The van der Waals surface area contributed by atoms with Crippen LogP contribution in [0.2, 0.25) is 0 Å². The maximum atomic E-state index is 12.5. The number of carboxylic acids is 4. The summed E-state index contributed by atoms with van der Waals surface area (Å²) >= 11 is 0. The quantitative estimate of drug-likeness (QED) is 0.0771. The van der Waals surface area contributed by atoms with Crippen LogP contribution >= 0.6 is 0 Å². The van der Waals surface area contributed by atoms with E-state index in [1.165, 1.54) is 0 Å². The number of hydrogen-bond acceptors (Lipinski definition) is 7. The van der Waals surface area contributed by atoms with Crippen LogP contribution in [-0.2, 0) is 39.6 Å². The molecule has 6 N–H and O–H groups in total. The van der Waals surface area contributed by atoms with Gasteiger partial charge in [0.25, 0.3) is 0 Å². The van der Waals surface area contributed by atoms with Gasteiger partial charge in [0.2, 0.25) is 17.5 Å². The fourth-order valence-corrected chi connectivity index (χ4v) is 7.33. The number of para-hydroxylation sites is 2. The minimum atomic E-state index is -1.50. The number of rotatable bonds is 20. The summed E-state index contributed by atoms with van der Waals surface area (Å²) in [5, 5.41) is 41.1. The molecule has 2 aliphatic rings. The number of carbonyl (C=O) groups excluding carboxylic acids is 2. The van der Waals surface area contributed by atoms with Crippen LogP contribution in [0.15, 0.2) is 96.8 Å². The molecule has 0 saturated heterocycles. The molecule has 0 spiro atoms. The first-order chi connectivity index (χ1) is 26.9. The summed E-state index contributed by atoms with van der Waals surface area (Å²) in [6.07, 6.45) is 13.2. The van der Waals surface area contributed by atoms with Gasteiger partial charge in [-0.15, -0.1) is 0 Å². The molecule has 0 aliphatic carbocycles. The molecule has 0 bridgehead atoms. The van der Waals surface area contributed by atoms with Crippen LogP contribution in [0.1, 0.15) is 77.3 Å². The van der Waals surface area contributed by atoms with Gasteiger partial charge in [-0.3, -0.25) is 19.2 Å². The second kappa shape index (κ2) is 19.0. The maximum absolute atomic E-state index is 12.5. The first kappa shape index (κ1) is 43.4. The van der Waals surface area contributed by atoms with Gasteiger partial charge < -0.3 is 36.0 Å². The van der Waals surface area contributed by atoms with Crippen molar-refractivity contribution >= 4 is 52.8 Å². The first-order valence-corrected chi connectivity index (χ1v) is 18.8. The summed E-state index contributed by atoms with van der Waals surface area (Å²) < 4.78 is 2.15. The summed E-state index contributed by atoms with van der Waals surface area (Å²) in [4.78, 5) is 72.0. The van der Waals surface area contributed by atoms with Crippen LogP contribution in [-0.4, -0.2) is 91.6 Å². The van der Waals surface area contributed by atoms with Gasteiger partial charge in [-0.2, -0.15) is 4.58 Å². The topological polar surface area (TPSA) is 214 Å². The second-order valence-corrected chi connectivity index (χ2v) is 15.0. The molecule has 2 aromatic rings. The average Bonchev–Trinajstić information content (AvgIpc) is 3.48. The van der Waals surface area contributed by atoms with E-state index in [0.717, 1.165) is 33.9 Å². The lowest BCUT2D eigenvalue weighted by molar-refractivity contribution is -0.438. The molecule has 0 radical (unpaired) electrons. The molecule has 2 atom stereocenters. The number of aliphatic carboxylic acids is 4. The molecule has 2 heterocycles. The van der Waals surface area contributed by atoms with Crippen molar-refractivity contribution in [2.45, 2.75) is 89.1 Å². The van der Waals surface area contributed by atoms with Gasteiger partial charge in [-0.1, -0.05) is 80.6 Å². The largest absolute Gasteiger partial charge is 0.481 e. The van der Waals surface area contributed by atoms with Gasteiger partial charge in [-0.25, -0.2) is 9.59 Å². The Morgan fingerprint density at radius 2 is 1.21 bits per heavy atom. The van der Waals surface area contributed by atoms with Gasteiger partial charge in [-0.05, 0) is 38.0 Å². The van der Waals surface area contributed by atoms with E-state index >= 15 is 0 Å². The lowest BCUT2D eigenvalue weighted by Crippen LogP contribution is -2.42. The van der Waals surface area contributed by atoms with Crippen molar-refractivity contribution in [2.75, 3.05) is 18.0 Å². The zero-order valence-corrected chi connectivity index (χ0v) is 32.6. The number of hydrogen-bond donors (Lipinski definition) is 6. The molecule has 2 aromatic carbocycles. The highest BCUT2D eigenvalue weighted by Gasteiger charge is 2.44. The van der Waals surface area contributed by atoms with Gasteiger partial charge in [0.1, 0.15) is 18.6 Å². The van der Waals surface area contributed by atoms with E-state index in [2.05, 4.69) is 59.9 Å². The summed E-state index contributed by atoms with van der Waals surface area (Å²) in [5.41, 5.74) is 5.63. The van der Waals surface area contributed by atoms with Gasteiger partial charge in [0.05, 0.1) is 18.3 Å². The van der Waals surface area contributed by atoms with Crippen molar-refractivity contribution in [3.05, 3.63) is 108 Å². The SMILES string of the molecule is CC1(C)C(/C=C/C=C/C=C/C=C2/N(CCCC(=O)N[C@@H](CC(=O)O)C(=O)O)c3ccccc3C2(C)C)=[N+](CCCC(=O)N[C@@H](CC(=O)O)C(=O)O)c2ccccc21. The van der Waals surface area contributed by atoms with E-state index in [9.17, 15) is 39.0 Å². The number of allylic oxidation sites excluding steroid dienone is 8. The Kier molecular flexibility index (Phi) is 14.5. The van der Waals surface area contributed by atoms with Crippen LogP contribution in [0.25, 0.3) is 0 Å². The van der Waals surface area contributed by atoms with Gasteiger partial charge >= 0.3 is 23.9 Å². The Bertz CT molecular complexity index is 2040. The summed E-state index contributed by atoms with van der Waals surface area (Å²) in [5.74, 6) is -6.49. The van der Waals surface area contributed by atoms with Crippen molar-refractivity contribution in [2.24, 2.45) is 0 Å². The number of nitrogens with one attached hydrogen (secondary N) is 2. The summed E-state index contributed by atoms with van der Waals surface area (Å²) in [6, 6.07) is 13.1. The lowest BCUT2D eigenvalue weighted by Gasteiger charge is -2.27. The molecule has 4 rings (SSSR count). The van der Waals surface area contributed by atoms with E-state index in [0.29, 0.717) is 25.9 Å². The second-order valence-electron chi connectivity index (χ2n) is 15.0. The molecule has 14 nitrogen and oxygen atoms in total. The average molecular weight is 784 g/mol. The third kappa shape index (κ3) is 10.9. The standard InChI is InChI=1S/C43H50N4O10/c1-42(2)28-16-10-12-18-32(28)46(24-14-22-36(48)44-30(40(54)55)26-38(50)51)34(42)20-8-6-5-7-9-21-35-43(3,4)29-17-11-13-19-33(29)47(35)25-15-23-37(49)45-31(41(56)57)27-39(52)53/h5-13,16-21,30-31H,14-15,22-27H2,1-4H3,(H5-,44,45,48,49,50,51,52,53,54,55,56,57)/p+1/t30-,31-/m0/s1. The minimum Gasteiger partial charge on any atom is -0.481 e. The zero-order chi connectivity index (χ0) is 41.9. The highest BCUT2D eigenvalue weighted by molar-refractivity contribution is 6.03. The lowest BCUT2D eigenvalue weighted by atomic mass is 9.81. The predicted octanol–water partition coefficient (Wildman–Crippen LogP) is 5.06. The van der Waals surface area contributed by atoms with Gasteiger partial charge in [0.15, 0.2) is 5.71 Å². The third-order valence-electron chi connectivity index (χ3n) is 10.1. The Balaban J connectivity index is 1.45. The molecule has 14 heteroatoms. The highest BCUT2D eigenvalue weighted by atomic mass is 16.4. The predicted molar refractivity (Wildman–Crippen MR) is 214 cm³/mol. The number of fused-ring (bicyclic) bond motifs is 2. The van der Waals surface area contributed by atoms with Crippen molar-refractivity contribution in [3.63, 3.8) is 0 Å². The fraction of sp³-hybridized carbons (Fsp3) is 0.372. The first-order valence-electron chi connectivity index (χ1n) is 18.8. The molecule has 0 unspecified atom stereocenters. The smallest absolute Gasteiger partial charge is 0.326 e. The molecule has 57 heavy (non-hydrogen) atoms. The number of nitrogens with zero attached hydrogens (tertiary/aromatic N) is 2. The highest BCUT2D eigenvalue weighted by Crippen LogP contribution is 2.47. The van der Waals surface area contributed by atoms with Crippen molar-refractivity contribution < 1.29 is 53.8 Å². The molecular formula is C43H51N4O10+. The normalized spacial score (nSPS) is 17.2. The number of anilines is 1. The molecular weight excluding hydrogens is 732 g/mol. The van der Waals surface area contributed by atoms with Crippen LogP contribution in [0.5, 0.6) is 0 Å². The number of benzene rings is 2. The molecule has 2 aliphatic heterocycles. The Labute approximate surface area is 331 Å². The molecule has 0 aromatic heterocycles. The molecule has 0 fully saturated rings. The van der Waals surface area contributed by atoms with E-state index in [4.69, 9.17) is 10.2 Å². The number of carbonyl (C=O) groups is 6. The summed E-state index contributed by atoms with van der Waals surface area (Å²) in [6.45, 7) is 9.47. The third-order valence-corrected chi connectivity index (χ3v) is 10.1. The Hall–Kier alpha value is -6.31. The maximum Gasteiger partial charge on any atom is 0.326 e. The molecule has 0 saturated carbocycles. The van der Waals surface area contributed by atoms with Crippen LogP contribution in [0.4, 0.5) is 11.4 Å². The van der Waals surface area contributed by atoms with Crippen molar-refractivity contribution in [1.82, 2.24) is 10.6 Å². The van der Waals surface area contributed by atoms with Crippen LogP contribution < -0.4 is 15.5 Å².